The Hall–Kier alpha value is -3.79. The number of benzene rings is 4. The summed E-state index contributed by atoms with van der Waals surface area (Å²) < 4.78 is 12.7. The number of aliphatic hydroxyl groups excluding tert-OH is 2. The minimum atomic E-state index is -1.22. The van der Waals surface area contributed by atoms with Gasteiger partial charge < -0.3 is 19.7 Å². The molecule has 5 nitrogen and oxygen atoms in total. The molecule has 180 valence electrons. The van der Waals surface area contributed by atoms with Crippen molar-refractivity contribution in [2.75, 3.05) is 26.4 Å². The molecular formula is C31H27NO4. The zero-order chi connectivity index (χ0) is 25.0. The molecule has 0 bridgehead atoms. The van der Waals surface area contributed by atoms with Crippen molar-refractivity contribution in [2.24, 2.45) is 0 Å². The molecule has 0 saturated heterocycles. The van der Waals surface area contributed by atoms with Gasteiger partial charge in [-0.2, -0.15) is 5.26 Å². The van der Waals surface area contributed by atoms with Crippen LogP contribution in [0, 0.1) is 11.3 Å². The largest absolute Gasteiger partial charge is 0.394 e. The fourth-order valence-electron chi connectivity index (χ4n) is 5.04. The van der Waals surface area contributed by atoms with Crippen molar-refractivity contribution in [3.05, 3.63) is 106 Å². The smallest absolute Gasteiger partial charge is 0.199 e. The maximum Gasteiger partial charge on any atom is 0.199 e. The van der Waals surface area contributed by atoms with E-state index in [0.29, 0.717) is 12.0 Å². The maximum atomic E-state index is 9.67. The van der Waals surface area contributed by atoms with Gasteiger partial charge in [0.15, 0.2) is 5.79 Å². The highest BCUT2D eigenvalue weighted by Gasteiger charge is 2.40. The van der Waals surface area contributed by atoms with Crippen LogP contribution in [0.25, 0.3) is 33.5 Å². The van der Waals surface area contributed by atoms with E-state index in [-0.39, 0.29) is 26.4 Å². The van der Waals surface area contributed by atoms with Gasteiger partial charge in [0.1, 0.15) is 0 Å². The van der Waals surface area contributed by atoms with Crippen molar-refractivity contribution in [3.8, 4) is 17.2 Å². The van der Waals surface area contributed by atoms with Crippen molar-refractivity contribution >= 4 is 22.4 Å². The van der Waals surface area contributed by atoms with Crippen molar-refractivity contribution in [1.82, 2.24) is 0 Å². The van der Waals surface area contributed by atoms with E-state index in [0.717, 1.165) is 43.5 Å². The third-order valence-electron chi connectivity index (χ3n) is 6.54. The van der Waals surface area contributed by atoms with E-state index in [2.05, 4.69) is 48.5 Å². The fraction of sp³-hybridized carbons (Fsp3) is 0.194. The van der Waals surface area contributed by atoms with E-state index in [1.807, 2.05) is 42.5 Å². The summed E-state index contributed by atoms with van der Waals surface area (Å²) in [5.41, 5.74) is 4.22. The normalized spacial score (nSPS) is 14.2. The highest BCUT2D eigenvalue weighted by atomic mass is 16.7. The summed E-state index contributed by atoms with van der Waals surface area (Å²) in [4.78, 5) is 0. The lowest BCUT2D eigenvalue weighted by Crippen LogP contribution is -2.48. The van der Waals surface area contributed by atoms with Crippen molar-refractivity contribution < 1.29 is 19.7 Å². The van der Waals surface area contributed by atoms with Gasteiger partial charge in [0, 0.05) is 12.0 Å². The zero-order valence-corrected chi connectivity index (χ0v) is 19.9. The second kappa shape index (κ2) is 10.4. The van der Waals surface area contributed by atoms with E-state index < -0.39 is 5.79 Å². The van der Waals surface area contributed by atoms with Gasteiger partial charge in [0.2, 0.25) is 0 Å². The Balaban J connectivity index is 1.93. The van der Waals surface area contributed by atoms with Crippen LogP contribution in [0.15, 0.2) is 84.9 Å². The number of nitriles is 1. The molecule has 0 fully saturated rings. The highest BCUT2D eigenvalue weighted by molar-refractivity contribution is 6.02. The Morgan fingerprint density at radius 3 is 2.36 bits per heavy atom. The highest BCUT2D eigenvalue weighted by Crippen LogP contribution is 2.42. The maximum absolute atomic E-state index is 9.67. The van der Waals surface area contributed by atoms with Crippen LogP contribution in [-0.4, -0.2) is 42.4 Å². The minimum absolute atomic E-state index is 0.0783. The molecular weight excluding hydrogens is 450 g/mol. The summed E-state index contributed by atoms with van der Waals surface area (Å²) in [7, 11) is 0. The topological polar surface area (TPSA) is 82.7 Å². The Labute approximate surface area is 209 Å². The lowest BCUT2D eigenvalue weighted by atomic mass is 9.81. The van der Waals surface area contributed by atoms with Crippen molar-refractivity contribution in [3.63, 3.8) is 0 Å². The minimum Gasteiger partial charge on any atom is -0.394 e. The molecule has 2 N–H and O–H groups in total. The molecule has 0 heterocycles. The lowest BCUT2D eigenvalue weighted by Gasteiger charge is -2.38. The monoisotopic (exact) mass is 477 g/mol. The average Bonchev–Trinajstić information content (AvgIpc) is 2.94. The third-order valence-corrected chi connectivity index (χ3v) is 6.54. The number of aliphatic hydroxyl groups is 2. The first kappa shape index (κ1) is 23.9. The van der Waals surface area contributed by atoms with Crippen LogP contribution in [0.2, 0.25) is 0 Å². The van der Waals surface area contributed by atoms with Gasteiger partial charge in [0.25, 0.3) is 0 Å². The fourth-order valence-corrected chi connectivity index (χ4v) is 5.04. The van der Waals surface area contributed by atoms with Crippen LogP contribution >= 0.6 is 0 Å². The van der Waals surface area contributed by atoms with Crippen LogP contribution in [-0.2, 0) is 9.47 Å². The van der Waals surface area contributed by atoms with Gasteiger partial charge in [-0.1, -0.05) is 78.9 Å². The Morgan fingerprint density at radius 2 is 1.58 bits per heavy atom. The Bertz CT molecular complexity index is 1560. The molecule has 0 spiro atoms. The summed E-state index contributed by atoms with van der Waals surface area (Å²) in [6, 6.07) is 30.2. The molecule has 5 heteroatoms. The first-order valence-corrected chi connectivity index (χ1v) is 12.0. The second-order valence-corrected chi connectivity index (χ2v) is 8.67. The lowest BCUT2D eigenvalue weighted by molar-refractivity contribution is -0.200. The standard InChI is InChI=1S/C31H27NO4/c32-21-22-6-5-9-25(20-22)27-13-12-23-7-1-3-10-26(23)29(27)30-28-11-4-2-8-24(28)14-15-31(30,35-18-16-33)36-19-17-34/h1-14,20,33-34H,15-19H2. The molecule has 0 aliphatic heterocycles. The van der Waals surface area contributed by atoms with E-state index in [1.54, 1.807) is 6.07 Å². The number of fused-ring (bicyclic) bond motifs is 2. The summed E-state index contributed by atoms with van der Waals surface area (Å²) >= 11 is 0. The van der Waals surface area contributed by atoms with Gasteiger partial charge in [-0.25, -0.2) is 0 Å². The van der Waals surface area contributed by atoms with Crippen LogP contribution in [0.3, 0.4) is 0 Å². The Kier molecular flexibility index (Phi) is 6.95. The van der Waals surface area contributed by atoms with E-state index in [9.17, 15) is 15.5 Å². The molecule has 0 aromatic heterocycles. The molecule has 4 aromatic rings. The van der Waals surface area contributed by atoms with Crippen LogP contribution < -0.4 is 10.4 Å². The number of ether oxygens (including phenoxy) is 2. The third kappa shape index (κ3) is 4.32. The van der Waals surface area contributed by atoms with E-state index in [1.165, 1.54) is 0 Å². The first-order chi connectivity index (χ1) is 17.7. The van der Waals surface area contributed by atoms with Gasteiger partial charge >= 0.3 is 0 Å². The van der Waals surface area contributed by atoms with E-state index >= 15 is 0 Å². The van der Waals surface area contributed by atoms with Crippen molar-refractivity contribution in [1.29, 1.82) is 5.26 Å². The Morgan fingerprint density at radius 1 is 0.833 bits per heavy atom. The quantitative estimate of drug-likeness (QED) is 0.380. The van der Waals surface area contributed by atoms with Crippen LogP contribution in [0.5, 0.6) is 0 Å². The SMILES string of the molecule is N#Cc1cccc(-c2ccc3ccccc3c2C2=c3ccccc3=CCC2(OCCO)OCCO)c1. The molecule has 0 unspecified atom stereocenters. The molecule has 36 heavy (non-hydrogen) atoms. The van der Waals surface area contributed by atoms with Gasteiger partial charge in [-0.05, 0) is 50.0 Å². The number of rotatable bonds is 8. The zero-order valence-electron chi connectivity index (χ0n) is 19.9. The van der Waals surface area contributed by atoms with Crippen LogP contribution in [0.1, 0.15) is 17.5 Å². The predicted octanol–water partition coefficient (Wildman–Crippen LogP) is 3.48. The molecule has 1 aliphatic carbocycles. The predicted molar refractivity (Wildman–Crippen MR) is 140 cm³/mol. The van der Waals surface area contributed by atoms with Gasteiger partial charge in [-0.3, -0.25) is 0 Å². The van der Waals surface area contributed by atoms with Crippen LogP contribution in [0.4, 0.5) is 0 Å². The molecule has 0 atom stereocenters. The number of hydrogen-bond donors (Lipinski definition) is 2. The molecule has 0 amide bonds. The molecule has 0 saturated carbocycles. The average molecular weight is 478 g/mol. The van der Waals surface area contributed by atoms with Gasteiger partial charge in [0.05, 0.1) is 38.1 Å². The van der Waals surface area contributed by atoms with Gasteiger partial charge in [-0.15, -0.1) is 0 Å². The van der Waals surface area contributed by atoms with Crippen molar-refractivity contribution in [2.45, 2.75) is 12.2 Å². The molecule has 0 radical (unpaired) electrons. The first-order valence-electron chi connectivity index (χ1n) is 12.0. The summed E-state index contributed by atoms with van der Waals surface area (Å²) in [6.07, 6.45) is 2.49. The number of hydrogen-bond acceptors (Lipinski definition) is 5. The molecule has 4 aromatic carbocycles. The second-order valence-electron chi connectivity index (χ2n) is 8.67. The summed E-state index contributed by atoms with van der Waals surface area (Å²) in [5.74, 6) is -1.22. The summed E-state index contributed by atoms with van der Waals surface area (Å²) in [6.45, 7) is -0.165. The summed E-state index contributed by atoms with van der Waals surface area (Å²) in [5, 5.41) is 33.0. The molecule has 5 rings (SSSR count). The molecule has 1 aliphatic rings. The number of nitrogens with zero attached hydrogens (tertiary/aromatic N) is 1. The van der Waals surface area contributed by atoms with E-state index in [4.69, 9.17) is 9.47 Å².